The van der Waals surface area contributed by atoms with E-state index in [2.05, 4.69) is 22.2 Å². The lowest BCUT2D eigenvalue weighted by atomic mass is 10.2. The van der Waals surface area contributed by atoms with Crippen LogP contribution in [-0.2, 0) is 0 Å². The van der Waals surface area contributed by atoms with Crippen molar-refractivity contribution in [3.05, 3.63) is 48.8 Å². The molecule has 0 aliphatic heterocycles. The zero-order valence-electron chi connectivity index (χ0n) is 10.1. The molecule has 0 radical (unpaired) electrons. The van der Waals surface area contributed by atoms with Crippen LogP contribution < -0.4 is 5.73 Å². The molecule has 0 saturated carbocycles. The van der Waals surface area contributed by atoms with E-state index in [1.165, 1.54) is 0 Å². The number of allylic oxidation sites excluding steroid dienone is 3. The van der Waals surface area contributed by atoms with Crippen LogP contribution in [0.2, 0.25) is 0 Å². The molecule has 0 spiro atoms. The van der Waals surface area contributed by atoms with Gasteiger partial charge in [-0.05, 0) is 30.7 Å². The molecular weight excluding hydrogens is 242 g/mol. The molecule has 0 amide bonds. The van der Waals surface area contributed by atoms with Gasteiger partial charge in [-0.25, -0.2) is 4.98 Å². The summed E-state index contributed by atoms with van der Waals surface area (Å²) in [7, 11) is 0. The molecule has 0 fully saturated rings. The smallest absolute Gasteiger partial charge is 0.195 e. The van der Waals surface area contributed by atoms with Gasteiger partial charge in [0.15, 0.2) is 4.96 Å². The normalized spacial score (nSPS) is 12.4. The highest BCUT2D eigenvalue weighted by molar-refractivity contribution is 7.23. The van der Waals surface area contributed by atoms with Crippen molar-refractivity contribution < 1.29 is 0 Å². The molecule has 0 aliphatic carbocycles. The number of fused-ring (bicyclic) bond motifs is 3. The van der Waals surface area contributed by atoms with Gasteiger partial charge in [0.2, 0.25) is 0 Å². The molecule has 3 aromatic rings. The molecule has 2 N–H and O–H groups in total. The monoisotopic (exact) mass is 255 g/mol. The molecular formula is C14H13N3S. The first kappa shape index (κ1) is 11.0. The number of thiazole rings is 1. The molecule has 4 heteroatoms. The van der Waals surface area contributed by atoms with Gasteiger partial charge in [0.25, 0.3) is 0 Å². The summed E-state index contributed by atoms with van der Waals surface area (Å²) in [6.07, 6.45) is 5.80. The maximum Gasteiger partial charge on any atom is 0.195 e. The number of aromatic nitrogens is 2. The number of nitrogens with two attached hydrogens (primary N) is 1. The first-order valence-corrected chi connectivity index (χ1v) is 6.47. The largest absolute Gasteiger partial charge is 0.399 e. The Morgan fingerprint density at radius 3 is 3.11 bits per heavy atom. The maximum absolute atomic E-state index is 5.79. The number of benzene rings is 1. The van der Waals surface area contributed by atoms with Crippen LogP contribution in [0, 0.1) is 0 Å². The van der Waals surface area contributed by atoms with Gasteiger partial charge in [0.1, 0.15) is 0 Å². The van der Waals surface area contributed by atoms with E-state index in [1.807, 2.05) is 31.2 Å². The summed E-state index contributed by atoms with van der Waals surface area (Å²) in [5.41, 5.74) is 9.82. The number of nitrogen functional groups attached to an aromatic ring is 1. The third kappa shape index (κ3) is 1.62. The highest BCUT2D eigenvalue weighted by Crippen LogP contribution is 2.29. The van der Waals surface area contributed by atoms with E-state index in [1.54, 1.807) is 17.4 Å². The van der Waals surface area contributed by atoms with E-state index in [0.29, 0.717) is 0 Å². The van der Waals surface area contributed by atoms with Crippen LogP contribution in [0.5, 0.6) is 0 Å². The lowest BCUT2D eigenvalue weighted by Gasteiger charge is -1.94. The Morgan fingerprint density at radius 2 is 2.33 bits per heavy atom. The highest BCUT2D eigenvalue weighted by atomic mass is 32.1. The summed E-state index contributed by atoms with van der Waals surface area (Å²) in [5.74, 6) is 0. The Kier molecular flexibility index (Phi) is 2.45. The van der Waals surface area contributed by atoms with Crippen LogP contribution in [0.25, 0.3) is 20.8 Å². The molecule has 18 heavy (non-hydrogen) atoms. The molecule has 3 nitrogen and oxygen atoms in total. The van der Waals surface area contributed by atoms with E-state index in [-0.39, 0.29) is 0 Å². The molecule has 0 saturated heterocycles. The van der Waals surface area contributed by atoms with E-state index in [4.69, 9.17) is 5.73 Å². The highest BCUT2D eigenvalue weighted by Gasteiger charge is 2.09. The summed E-state index contributed by atoms with van der Waals surface area (Å²) in [5, 5.41) is 0. The Balaban J connectivity index is 2.25. The number of hydrogen-bond acceptors (Lipinski definition) is 3. The second-order valence-corrected chi connectivity index (χ2v) is 5.20. The van der Waals surface area contributed by atoms with Crippen LogP contribution in [0.15, 0.2) is 43.1 Å². The van der Waals surface area contributed by atoms with E-state index < -0.39 is 0 Å². The fraction of sp³-hybridized carbons (Fsp3) is 0.0714. The van der Waals surface area contributed by atoms with Crippen LogP contribution >= 0.6 is 11.3 Å². The number of nitrogens with zero attached hydrogens (tertiary/aromatic N) is 2. The van der Waals surface area contributed by atoms with E-state index in [0.717, 1.165) is 32.1 Å². The average Bonchev–Trinajstić information content (AvgIpc) is 2.85. The van der Waals surface area contributed by atoms with Gasteiger partial charge in [-0.15, -0.1) is 0 Å². The van der Waals surface area contributed by atoms with Crippen molar-refractivity contribution in [2.75, 3.05) is 5.73 Å². The number of imidazole rings is 1. The maximum atomic E-state index is 5.79. The fourth-order valence-electron chi connectivity index (χ4n) is 1.97. The van der Waals surface area contributed by atoms with Crippen molar-refractivity contribution in [3.8, 4) is 0 Å². The average molecular weight is 255 g/mol. The number of anilines is 1. The van der Waals surface area contributed by atoms with Gasteiger partial charge >= 0.3 is 0 Å². The van der Waals surface area contributed by atoms with Gasteiger partial charge < -0.3 is 5.73 Å². The second-order valence-electron chi connectivity index (χ2n) is 4.19. The molecule has 0 atom stereocenters. The van der Waals surface area contributed by atoms with Gasteiger partial charge in [-0.2, -0.15) is 0 Å². The predicted octanol–water partition coefficient (Wildman–Crippen LogP) is 3.72. The zero-order chi connectivity index (χ0) is 12.7. The van der Waals surface area contributed by atoms with Crippen molar-refractivity contribution in [2.45, 2.75) is 6.92 Å². The molecule has 3 rings (SSSR count). The van der Waals surface area contributed by atoms with Crippen LogP contribution in [0.3, 0.4) is 0 Å². The van der Waals surface area contributed by atoms with E-state index in [9.17, 15) is 0 Å². The van der Waals surface area contributed by atoms with Crippen LogP contribution in [-0.4, -0.2) is 9.38 Å². The van der Waals surface area contributed by atoms with Gasteiger partial charge in [-0.1, -0.05) is 30.1 Å². The lowest BCUT2D eigenvalue weighted by Crippen LogP contribution is -1.83. The molecule has 2 heterocycles. The fourth-order valence-corrected chi connectivity index (χ4v) is 3.03. The van der Waals surface area contributed by atoms with Crippen molar-refractivity contribution in [1.29, 1.82) is 0 Å². The zero-order valence-corrected chi connectivity index (χ0v) is 10.9. The Hall–Kier alpha value is -2.07. The van der Waals surface area contributed by atoms with Crippen molar-refractivity contribution in [1.82, 2.24) is 9.38 Å². The number of rotatable bonds is 2. The minimum Gasteiger partial charge on any atom is -0.399 e. The quantitative estimate of drug-likeness (QED) is 0.560. The summed E-state index contributed by atoms with van der Waals surface area (Å²) in [6, 6.07) is 5.94. The summed E-state index contributed by atoms with van der Waals surface area (Å²) >= 11 is 1.65. The second kappa shape index (κ2) is 3.99. The topological polar surface area (TPSA) is 43.3 Å². The summed E-state index contributed by atoms with van der Waals surface area (Å²) in [6.45, 7) is 5.74. The molecule has 1 aromatic carbocycles. The van der Waals surface area contributed by atoms with Gasteiger partial charge in [0.05, 0.1) is 15.9 Å². The molecule has 0 unspecified atom stereocenters. The Labute approximate surface area is 109 Å². The standard InChI is InChI=1S/C14H13N3S/c1-3-4-9(2)11-8-17-12-6-5-10(15)7-13(12)18-14(17)16-11/h3-8H,1,15H2,2H3/b9-4+. The summed E-state index contributed by atoms with van der Waals surface area (Å²) in [4.78, 5) is 5.61. The Morgan fingerprint density at radius 1 is 1.50 bits per heavy atom. The minimum absolute atomic E-state index is 0.787. The van der Waals surface area contributed by atoms with Crippen molar-refractivity contribution in [2.24, 2.45) is 0 Å². The summed E-state index contributed by atoms with van der Waals surface area (Å²) < 4.78 is 3.27. The first-order valence-electron chi connectivity index (χ1n) is 5.66. The van der Waals surface area contributed by atoms with Gasteiger partial charge in [-0.3, -0.25) is 4.40 Å². The van der Waals surface area contributed by atoms with Crippen molar-refractivity contribution in [3.63, 3.8) is 0 Å². The molecule has 2 aromatic heterocycles. The molecule has 0 bridgehead atoms. The minimum atomic E-state index is 0.787. The molecule has 0 aliphatic rings. The first-order chi connectivity index (χ1) is 8.69. The van der Waals surface area contributed by atoms with E-state index >= 15 is 0 Å². The van der Waals surface area contributed by atoms with Crippen LogP contribution in [0.4, 0.5) is 5.69 Å². The predicted molar refractivity (Wildman–Crippen MR) is 78.8 cm³/mol. The number of hydrogen-bond donors (Lipinski definition) is 1. The van der Waals surface area contributed by atoms with Crippen LogP contribution in [0.1, 0.15) is 12.6 Å². The SMILES string of the molecule is C=C/C=C(\C)c1cn2c(n1)sc1cc(N)ccc12. The lowest BCUT2D eigenvalue weighted by molar-refractivity contribution is 1.29. The third-order valence-corrected chi connectivity index (χ3v) is 3.91. The third-order valence-electron chi connectivity index (χ3n) is 2.89. The van der Waals surface area contributed by atoms with Crippen molar-refractivity contribution >= 4 is 37.8 Å². The van der Waals surface area contributed by atoms with Gasteiger partial charge in [0, 0.05) is 11.9 Å². The molecule has 90 valence electrons. The Bertz CT molecular complexity index is 777.